The van der Waals surface area contributed by atoms with Crippen molar-refractivity contribution >= 4 is 45.7 Å². The molecule has 0 saturated carbocycles. The smallest absolute Gasteiger partial charge is 0.322 e. The zero-order chi connectivity index (χ0) is 21.1. The van der Waals surface area contributed by atoms with Crippen LogP contribution in [0, 0.1) is 0 Å². The molecule has 11 heteroatoms. The maximum absolute atomic E-state index is 12.7. The number of urea groups is 1. The molecule has 1 aliphatic rings. The first-order chi connectivity index (χ1) is 14.5. The van der Waals surface area contributed by atoms with Crippen LogP contribution >= 0.6 is 22.9 Å². The minimum Gasteiger partial charge on any atom is -0.495 e. The van der Waals surface area contributed by atoms with Gasteiger partial charge in [0.1, 0.15) is 11.4 Å². The predicted molar refractivity (Wildman–Crippen MR) is 113 cm³/mol. The lowest BCUT2D eigenvalue weighted by Crippen LogP contribution is -2.38. The molecule has 0 saturated heterocycles. The van der Waals surface area contributed by atoms with Crippen LogP contribution in [0.25, 0.3) is 0 Å². The molecular weight excluding hydrogens is 428 g/mol. The van der Waals surface area contributed by atoms with Gasteiger partial charge in [-0.1, -0.05) is 22.9 Å². The van der Waals surface area contributed by atoms with Gasteiger partial charge in [-0.2, -0.15) is 0 Å². The predicted octanol–water partition coefficient (Wildman–Crippen LogP) is 3.44. The first-order valence-electron chi connectivity index (χ1n) is 8.99. The number of fused-ring (bicyclic) bond motifs is 1. The van der Waals surface area contributed by atoms with E-state index in [0.717, 1.165) is 10.6 Å². The van der Waals surface area contributed by atoms with E-state index in [1.54, 1.807) is 23.1 Å². The van der Waals surface area contributed by atoms with Crippen molar-refractivity contribution in [3.05, 3.63) is 58.1 Å². The van der Waals surface area contributed by atoms with E-state index in [1.807, 2.05) is 0 Å². The highest BCUT2D eigenvalue weighted by Gasteiger charge is 2.25. The highest BCUT2D eigenvalue weighted by molar-refractivity contribution is 7.15. The second kappa shape index (κ2) is 8.64. The first-order valence-corrected chi connectivity index (χ1v) is 10.2. The Labute approximate surface area is 181 Å². The summed E-state index contributed by atoms with van der Waals surface area (Å²) >= 11 is 7.37. The van der Waals surface area contributed by atoms with Crippen LogP contribution in [0.4, 0.5) is 15.6 Å². The van der Waals surface area contributed by atoms with Gasteiger partial charge < -0.3 is 15.0 Å². The van der Waals surface area contributed by atoms with Crippen LogP contribution in [-0.4, -0.2) is 45.4 Å². The maximum atomic E-state index is 12.7. The van der Waals surface area contributed by atoms with Gasteiger partial charge >= 0.3 is 6.03 Å². The molecule has 0 fully saturated rings. The number of anilines is 2. The Hall–Kier alpha value is -3.24. The van der Waals surface area contributed by atoms with E-state index in [2.05, 4.69) is 25.6 Å². The van der Waals surface area contributed by atoms with Crippen LogP contribution in [0.5, 0.6) is 5.75 Å². The van der Waals surface area contributed by atoms with Crippen LogP contribution < -0.4 is 15.4 Å². The summed E-state index contributed by atoms with van der Waals surface area (Å²) in [5, 5.41) is 6.54. The molecule has 0 bridgehead atoms. The number of hydrogen-bond acceptors (Lipinski definition) is 7. The third-order valence-corrected chi connectivity index (χ3v) is 5.67. The van der Waals surface area contributed by atoms with E-state index in [4.69, 9.17) is 16.3 Å². The molecule has 9 nitrogen and oxygen atoms in total. The lowest BCUT2D eigenvalue weighted by Gasteiger charge is -2.26. The fourth-order valence-electron chi connectivity index (χ4n) is 2.97. The van der Waals surface area contributed by atoms with Crippen molar-refractivity contribution in [2.45, 2.75) is 13.0 Å². The number of benzene rings is 1. The van der Waals surface area contributed by atoms with Crippen LogP contribution in [0.1, 0.15) is 21.1 Å². The number of ether oxygens (including phenoxy) is 1. The van der Waals surface area contributed by atoms with Crippen molar-refractivity contribution in [1.29, 1.82) is 0 Å². The molecule has 0 atom stereocenters. The molecule has 0 unspecified atom stereocenters. The number of carbonyl (C=O) groups is 2. The molecule has 2 aromatic heterocycles. The topological polar surface area (TPSA) is 109 Å². The summed E-state index contributed by atoms with van der Waals surface area (Å²) in [6.07, 6.45) is 4.93. The van der Waals surface area contributed by atoms with Crippen molar-refractivity contribution in [2.24, 2.45) is 0 Å². The summed E-state index contributed by atoms with van der Waals surface area (Å²) in [5.74, 6) is 0.147. The molecular formula is C19H17ClN6O3S. The standard InChI is InChI=1S/C19H17ClN6O3S/c1-29-15-3-2-11(20)8-13(15)24-19(28)26-7-4-12-16(10-26)30-18(23-12)25-17(27)14-9-21-5-6-22-14/h2-3,5-6,8-9H,4,7,10H2,1H3,(H,24,28)(H,23,25,27). The van der Waals surface area contributed by atoms with Gasteiger partial charge in [-0.15, -0.1) is 0 Å². The summed E-state index contributed by atoms with van der Waals surface area (Å²) in [5.41, 5.74) is 1.59. The summed E-state index contributed by atoms with van der Waals surface area (Å²) in [6, 6.07) is 4.76. The molecule has 3 amide bonds. The number of thiazole rings is 1. The van der Waals surface area contributed by atoms with E-state index in [-0.39, 0.29) is 17.6 Å². The normalized spacial score (nSPS) is 12.8. The van der Waals surface area contributed by atoms with E-state index in [1.165, 1.54) is 37.0 Å². The zero-order valence-electron chi connectivity index (χ0n) is 15.9. The Balaban J connectivity index is 1.43. The second-order valence-electron chi connectivity index (χ2n) is 6.38. The van der Waals surface area contributed by atoms with Gasteiger partial charge in [0.2, 0.25) is 0 Å². The fraction of sp³-hybridized carbons (Fsp3) is 0.211. The number of hydrogen-bond donors (Lipinski definition) is 2. The van der Waals surface area contributed by atoms with Gasteiger partial charge in [0.25, 0.3) is 5.91 Å². The molecule has 0 aliphatic carbocycles. The Bertz CT molecular complexity index is 1090. The SMILES string of the molecule is COc1ccc(Cl)cc1NC(=O)N1CCc2nc(NC(=O)c3cnccn3)sc2C1. The van der Waals surface area contributed by atoms with Crippen molar-refractivity contribution in [3.63, 3.8) is 0 Å². The summed E-state index contributed by atoms with van der Waals surface area (Å²) in [4.78, 5) is 39.9. The first kappa shape index (κ1) is 20.0. The monoisotopic (exact) mass is 444 g/mol. The van der Waals surface area contributed by atoms with E-state index in [9.17, 15) is 9.59 Å². The molecule has 1 aromatic carbocycles. The van der Waals surface area contributed by atoms with Gasteiger partial charge in [0.05, 0.1) is 31.2 Å². The number of rotatable bonds is 4. The average Bonchev–Trinajstić information content (AvgIpc) is 3.16. The minimum absolute atomic E-state index is 0.210. The molecule has 2 N–H and O–H groups in total. The Kier molecular flexibility index (Phi) is 5.77. The maximum Gasteiger partial charge on any atom is 0.322 e. The van der Waals surface area contributed by atoms with Crippen LogP contribution in [-0.2, 0) is 13.0 Å². The molecule has 3 heterocycles. The van der Waals surface area contributed by atoms with E-state index < -0.39 is 0 Å². The average molecular weight is 445 g/mol. The minimum atomic E-state index is -0.378. The van der Waals surface area contributed by atoms with Crippen LogP contribution in [0.2, 0.25) is 5.02 Å². The van der Waals surface area contributed by atoms with Gasteiger partial charge in [-0.25, -0.2) is 14.8 Å². The third kappa shape index (κ3) is 4.34. The van der Waals surface area contributed by atoms with Crippen molar-refractivity contribution in [3.8, 4) is 5.75 Å². The largest absolute Gasteiger partial charge is 0.495 e. The fourth-order valence-corrected chi connectivity index (χ4v) is 4.16. The molecule has 0 radical (unpaired) electrons. The molecule has 0 spiro atoms. The Morgan fingerprint density at radius 1 is 1.27 bits per heavy atom. The zero-order valence-corrected chi connectivity index (χ0v) is 17.5. The number of nitrogens with one attached hydrogen (secondary N) is 2. The number of halogens is 1. The van der Waals surface area contributed by atoms with Crippen molar-refractivity contribution in [2.75, 3.05) is 24.3 Å². The number of nitrogens with zero attached hydrogens (tertiary/aromatic N) is 4. The van der Waals surface area contributed by atoms with Gasteiger partial charge in [-0.05, 0) is 18.2 Å². The Morgan fingerprint density at radius 2 is 2.13 bits per heavy atom. The van der Waals surface area contributed by atoms with Crippen molar-refractivity contribution in [1.82, 2.24) is 19.9 Å². The number of aromatic nitrogens is 3. The molecule has 1 aliphatic heterocycles. The second-order valence-corrected chi connectivity index (χ2v) is 7.90. The third-order valence-electron chi connectivity index (χ3n) is 4.44. The van der Waals surface area contributed by atoms with Crippen molar-refractivity contribution < 1.29 is 14.3 Å². The van der Waals surface area contributed by atoms with Crippen LogP contribution in [0.3, 0.4) is 0 Å². The van der Waals surface area contributed by atoms with Gasteiger partial charge in [0.15, 0.2) is 5.13 Å². The lowest BCUT2D eigenvalue weighted by atomic mass is 10.2. The summed E-state index contributed by atoms with van der Waals surface area (Å²) in [6.45, 7) is 0.895. The van der Waals surface area contributed by atoms with E-state index >= 15 is 0 Å². The highest BCUT2D eigenvalue weighted by atomic mass is 35.5. The Morgan fingerprint density at radius 3 is 2.90 bits per heavy atom. The highest BCUT2D eigenvalue weighted by Crippen LogP contribution is 2.31. The number of amides is 3. The summed E-state index contributed by atoms with van der Waals surface area (Å²) in [7, 11) is 1.53. The van der Waals surface area contributed by atoms with E-state index in [0.29, 0.717) is 41.1 Å². The van der Waals surface area contributed by atoms with Gasteiger partial charge in [0, 0.05) is 35.3 Å². The molecule has 3 aromatic rings. The van der Waals surface area contributed by atoms with Gasteiger partial charge in [-0.3, -0.25) is 15.1 Å². The number of carbonyl (C=O) groups excluding carboxylic acids is 2. The molecule has 4 rings (SSSR count). The van der Waals surface area contributed by atoms with Crippen LogP contribution in [0.15, 0.2) is 36.8 Å². The molecule has 30 heavy (non-hydrogen) atoms. The lowest BCUT2D eigenvalue weighted by molar-refractivity contribution is 0.102. The quantitative estimate of drug-likeness (QED) is 0.638. The molecule has 154 valence electrons. The number of methoxy groups -OCH3 is 1. The summed E-state index contributed by atoms with van der Waals surface area (Å²) < 4.78 is 5.27.